The van der Waals surface area contributed by atoms with Crippen LogP contribution in [-0.2, 0) is 0 Å². The molecule has 3 nitrogen and oxygen atoms in total. The van der Waals surface area contributed by atoms with Crippen molar-refractivity contribution in [3.8, 4) is 6.07 Å². The van der Waals surface area contributed by atoms with Gasteiger partial charge in [0.2, 0.25) is 0 Å². The number of hydrogen-bond acceptors (Lipinski definition) is 3. The van der Waals surface area contributed by atoms with E-state index in [9.17, 15) is 0 Å². The summed E-state index contributed by atoms with van der Waals surface area (Å²) in [6, 6.07) is 2.74. The summed E-state index contributed by atoms with van der Waals surface area (Å²) in [6.45, 7) is 2.72. The molecule has 0 saturated carbocycles. The second-order valence-corrected chi connectivity index (χ2v) is 3.07. The summed E-state index contributed by atoms with van der Waals surface area (Å²) in [5.74, 6) is 0. The minimum absolute atomic E-state index is 0.548. The Bertz CT molecular complexity index is 144. The van der Waals surface area contributed by atoms with E-state index in [0.717, 1.165) is 13.1 Å². The molecule has 1 atom stereocenters. The van der Waals surface area contributed by atoms with E-state index in [1.165, 1.54) is 12.8 Å². The lowest BCUT2D eigenvalue weighted by Crippen LogP contribution is -2.44. The largest absolute Gasteiger partial charge is 0.315 e. The Balaban J connectivity index is 2.27. The van der Waals surface area contributed by atoms with Crippen molar-refractivity contribution in [3.05, 3.63) is 0 Å². The fourth-order valence-electron chi connectivity index (χ4n) is 1.45. The monoisotopic (exact) mass is 153 g/mol. The van der Waals surface area contributed by atoms with Crippen molar-refractivity contribution in [2.45, 2.75) is 18.9 Å². The first-order chi connectivity index (χ1) is 5.34. The van der Waals surface area contributed by atoms with E-state index in [1.807, 2.05) is 7.05 Å². The molecular weight excluding hydrogens is 138 g/mol. The summed E-state index contributed by atoms with van der Waals surface area (Å²) in [7, 11) is 2.01. The lowest BCUT2D eigenvalue weighted by atomic mass is 10.1. The fourth-order valence-corrected chi connectivity index (χ4v) is 1.45. The maximum Gasteiger partial charge on any atom is 0.0866 e. The highest BCUT2D eigenvalue weighted by Crippen LogP contribution is 2.07. The minimum atomic E-state index is 0.548. The second kappa shape index (κ2) is 4.32. The van der Waals surface area contributed by atoms with Crippen LogP contribution in [-0.4, -0.2) is 37.6 Å². The van der Waals surface area contributed by atoms with Gasteiger partial charge < -0.3 is 5.32 Å². The van der Waals surface area contributed by atoms with Crippen molar-refractivity contribution in [3.63, 3.8) is 0 Å². The van der Waals surface area contributed by atoms with E-state index >= 15 is 0 Å². The molecule has 0 aromatic carbocycles. The molecule has 1 aliphatic rings. The molecule has 0 radical (unpaired) electrons. The molecule has 1 heterocycles. The molecule has 11 heavy (non-hydrogen) atoms. The van der Waals surface area contributed by atoms with Crippen LogP contribution in [0.2, 0.25) is 0 Å². The number of hydrogen-bond donors (Lipinski definition) is 1. The molecule has 1 fully saturated rings. The van der Waals surface area contributed by atoms with Gasteiger partial charge in [-0.15, -0.1) is 0 Å². The maximum atomic E-state index is 8.46. The van der Waals surface area contributed by atoms with Crippen LogP contribution in [0.4, 0.5) is 0 Å². The third-order valence-electron chi connectivity index (χ3n) is 2.21. The van der Waals surface area contributed by atoms with Gasteiger partial charge in [-0.25, -0.2) is 0 Å². The highest BCUT2D eigenvalue weighted by Gasteiger charge is 2.16. The number of nitrogens with zero attached hydrogens (tertiary/aromatic N) is 2. The molecule has 62 valence electrons. The van der Waals surface area contributed by atoms with E-state index in [4.69, 9.17) is 5.26 Å². The Morgan fingerprint density at radius 1 is 1.73 bits per heavy atom. The predicted molar refractivity (Wildman–Crippen MR) is 44.1 cm³/mol. The maximum absolute atomic E-state index is 8.46. The molecule has 1 saturated heterocycles. The van der Waals surface area contributed by atoms with Crippen LogP contribution in [0.3, 0.4) is 0 Å². The first kappa shape index (κ1) is 8.51. The van der Waals surface area contributed by atoms with Crippen LogP contribution < -0.4 is 5.32 Å². The molecule has 0 spiro atoms. The van der Waals surface area contributed by atoms with Crippen molar-refractivity contribution in [2.24, 2.45) is 0 Å². The smallest absolute Gasteiger partial charge is 0.0866 e. The zero-order valence-electron chi connectivity index (χ0n) is 7.01. The van der Waals surface area contributed by atoms with Gasteiger partial charge in [-0.1, -0.05) is 0 Å². The Labute approximate surface area is 68.0 Å². The zero-order valence-corrected chi connectivity index (χ0v) is 7.01. The molecule has 0 amide bonds. The van der Waals surface area contributed by atoms with Crippen LogP contribution in [0.15, 0.2) is 0 Å². The topological polar surface area (TPSA) is 39.1 Å². The molecule has 0 aliphatic carbocycles. The molecule has 1 unspecified atom stereocenters. The van der Waals surface area contributed by atoms with Gasteiger partial charge in [0.05, 0.1) is 12.6 Å². The molecule has 1 N–H and O–H groups in total. The molecule has 0 aromatic rings. The van der Waals surface area contributed by atoms with Crippen molar-refractivity contribution < 1.29 is 0 Å². The number of nitrogens with one attached hydrogen (secondary N) is 1. The first-order valence-corrected chi connectivity index (χ1v) is 4.12. The normalized spacial score (nSPS) is 25.0. The summed E-state index contributed by atoms with van der Waals surface area (Å²) in [5.41, 5.74) is 0. The van der Waals surface area contributed by atoms with Crippen molar-refractivity contribution >= 4 is 0 Å². The first-order valence-electron chi connectivity index (χ1n) is 4.12. The molecule has 0 bridgehead atoms. The molecule has 3 heteroatoms. The van der Waals surface area contributed by atoms with E-state index in [0.29, 0.717) is 12.6 Å². The van der Waals surface area contributed by atoms with Crippen LogP contribution in [0.5, 0.6) is 0 Å². The van der Waals surface area contributed by atoms with E-state index in [1.54, 1.807) is 0 Å². The number of rotatable bonds is 2. The highest BCUT2D eigenvalue weighted by molar-refractivity contribution is 4.82. The molecule has 1 rings (SSSR count). The summed E-state index contributed by atoms with van der Waals surface area (Å²) < 4.78 is 0. The van der Waals surface area contributed by atoms with Gasteiger partial charge >= 0.3 is 0 Å². The van der Waals surface area contributed by atoms with Crippen LogP contribution in [0, 0.1) is 11.3 Å². The minimum Gasteiger partial charge on any atom is -0.315 e. The third-order valence-corrected chi connectivity index (χ3v) is 2.21. The fraction of sp³-hybridized carbons (Fsp3) is 0.875. The predicted octanol–water partition coefficient (Wildman–Crippen LogP) is 0.194. The summed E-state index contributed by atoms with van der Waals surface area (Å²) in [4.78, 5) is 2.12. The highest BCUT2D eigenvalue weighted by atomic mass is 15.1. The van der Waals surface area contributed by atoms with Crippen molar-refractivity contribution in [1.82, 2.24) is 10.2 Å². The SMILES string of the molecule is CN(CC#N)C1CCCNC1. The van der Waals surface area contributed by atoms with Gasteiger partial charge in [0.15, 0.2) is 0 Å². The summed E-state index contributed by atoms with van der Waals surface area (Å²) >= 11 is 0. The Morgan fingerprint density at radius 3 is 3.09 bits per heavy atom. The van der Waals surface area contributed by atoms with E-state index in [-0.39, 0.29) is 0 Å². The van der Waals surface area contributed by atoms with Gasteiger partial charge in [0, 0.05) is 12.6 Å². The quantitative estimate of drug-likeness (QED) is 0.576. The van der Waals surface area contributed by atoms with Gasteiger partial charge in [0.25, 0.3) is 0 Å². The van der Waals surface area contributed by atoms with Gasteiger partial charge in [-0.3, -0.25) is 4.90 Å². The average Bonchev–Trinajstić information content (AvgIpc) is 2.07. The number of likely N-dealkylation sites (N-methyl/N-ethyl adjacent to an activating group) is 1. The number of nitriles is 1. The van der Waals surface area contributed by atoms with Gasteiger partial charge in [-0.05, 0) is 26.4 Å². The second-order valence-electron chi connectivity index (χ2n) is 3.07. The molecule has 1 aliphatic heterocycles. The summed E-state index contributed by atoms with van der Waals surface area (Å²) in [6.07, 6.45) is 2.46. The van der Waals surface area contributed by atoms with Crippen LogP contribution in [0.25, 0.3) is 0 Å². The van der Waals surface area contributed by atoms with Crippen molar-refractivity contribution in [1.29, 1.82) is 5.26 Å². The standard InChI is InChI=1S/C8H15N3/c1-11(6-4-9)8-3-2-5-10-7-8/h8,10H,2-3,5-7H2,1H3. The zero-order chi connectivity index (χ0) is 8.10. The van der Waals surface area contributed by atoms with Crippen molar-refractivity contribution in [2.75, 3.05) is 26.7 Å². The van der Waals surface area contributed by atoms with Crippen LogP contribution >= 0.6 is 0 Å². The Kier molecular flexibility index (Phi) is 3.34. The summed E-state index contributed by atoms with van der Waals surface area (Å²) in [5, 5.41) is 11.8. The Morgan fingerprint density at radius 2 is 2.55 bits per heavy atom. The lowest BCUT2D eigenvalue weighted by Gasteiger charge is -2.29. The average molecular weight is 153 g/mol. The Hall–Kier alpha value is -0.590. The van der Waals surface area contributed by atoms with E-state index in [2.05, 4.69) is 16.3 Å². The van der Waals surface area contributed by atoms with Gasteiger partial charge in [0.1, 0.15) is 0 Å². The molecule has 0 aromatic heterocycles. The molecular formula is C8H15N3. The lowest BCUT2D eigenvalue weighted by molar-refractivity contribution is 0.224. The number of piperidine rings is 1. The van der Waals surface area contributed by atoms with Crippen LogP contribution in [0.1, 0.15) is 12.8 Å². The van der Waals surface area contributed by atoms with E-state index < -0.39 is 0 Å². The third kappa shape index (κ3) is 2.49. The van der Waals surface area contributed by atoms with Gasteiger partial charge in [-0.2, -0.15) is 5.26 Å².